The zero-order chi connectivity index (χ0) is 20.7. The average molecular weight is 410 g/mol. The molecule has 1 aliphatic heterocycles. The molecule has 2 heterocycles. The van der Waals surface area contributed by atoms with Crippen LogP contribution in [0.15, 0.2) is 42.5 Å². The Labute approximate surface area is 169 Å². The first-order valence-electron chi connectivity index (χ1n) is 8.94. The van der Waals surface area contributed by atoms with Crippen LogP contribution in [0.2, 0.25) is 0 Å². The number of hydrogen-bond donors (Lipinski definition) is 1. The van der Waals surface area contributed by atoms with Crippen LogP contribution in [0, 0.1) is 24.0 Å². The minimum absolute atomic E-state index is 0.114. The number of nitrogens with zero attached hydrogens (tertiary/aromatic N) is 3. The van der Waals surface area contributed by atoms with E-state index in [1.54, 1.807) is 17.7 Å². The molecule has 29 heavy (non-hydrogen) atoms. The SMILES string of the molecule is Cc1ccccc1-n1nc2c(c1NC(=O)c1cccc([N+](=O)[O-])c1C)C[S@](=O)C2. The molecule has 9 heteroatoms. The normalized spacial score (nSPS) is 15.2. The van der Waals surface area contributed by atoms with Crippen molar-refractivity contribution in [1.82, 2.24) is 9.78 Å². The van der Waals surface area contributed by atoms with Gasteiger partial charge in [-0.05, 0) is 31.5 Å². The molecule has 8 nitrogen and oxygen atoms in total. The number of aryl methyl sites for hydroxylation is 1. The Morgan fingerprint density at radius 2 is 1.93 bits per heavy atom. The van der Waals surface area contributed by atoms with E-state index in [9.17, 15) is 19.1 Å². The summed E-state index contributed by atoms with van der Waals surface area (Å²) < 4.78 is 13.7. The van der Waals surface area contributed by atoms with Crippen molar-refractivity contribution in [3.8, 4) is 5.69 Å². The van der Waals surface area contributed by atoms with E-state index < -0.39 is 21.6 Å². The minimum atomic E-state index is -1.06. The number of nitrogens with one attached hydrogen (secondary N) is 1. The van der Waals surface area contributed by atoms with Gasteiger partial charge < -0.3 is 5.32 Å². The van der Waals surface area contributed by atoms with E-state index in [-0.39, 0.29) is 16.8 Å². The molecular formula is C20H18N4O4S. The largest absolute Gasteiger partial charge is 0.306 e. The maximum absolute atomic E-state index is 13.0. The lowest BCUT2D eigenvalue weighted by molar-refractivity contribution is -0.385. The van der Waals surface area contributed by atoms with Gasteiger partial charge in [-0.15, -0.1) is 0 Å². The fraction of sp³-hybridized carbons (Fsp3) is 0.200. The maximum atomic E-state index is 13.0. The van der Waals surface area contributed by atoms with Gasteiger partial charge in [-0.3, -0.25) is 19.1 Å². The number of para-hydroxylation sites is 1. The number of nitro groups is 1. The van der Waals surface area contributed by atoms with Crippen molar-refractivity contribution in [1.29, 1.82) is 0 Å². The topological polar surface area (TPSA) is 107 Å². The Bertz CT molecular complexity index is 1190. The molecular weight excluding hydrogens is 392 g/mol. The number of carbonyl (C=O) groups is 1. The first kappa shape index (κ1) is 19.0. The lowest BCUT2D eigenvalue weighted by Gasteiger charge is -2.13. The highest BCUT2D eigenvalue weighted by Crippen LogP contribution is 2.33. The zero-order valence-electron chi connectivity index (χ0n) is 15.8. The molecule has 0 aliphatic carbocycles. The van der Waals surface area contributed by atoms with Gasteiger partial charge in [-0.2, -0.15) is 5.10 Å². The number of hydrogen-bond acceptors (Lipinski definition) is 5. The number of aromatic nitrogens is 2. The molecule has 1 amide bonds. The van der Waals surface area contributed by atoms with Crippen molar-refractivity contribution in [2.24, 2.45) is 0 Å². The van der Waals surface area contributed by atoms with Crippen molar-refractivity contribution in [2.75, 3.05) is 5.32 Å². The van der Waals surface area contributed by atoms with Crippen molar-refractivity contribution in [2.45, 2.75) is 25.4 Å². The molecule has 1 aromatic heterocycles. The number of nitro benzene ring substituents is 1. The number of rotatable bonds is 4. The Balaban J connectivity index is 1.79. The van der Waals surface area contributed by atoms with Gasteiger partial charge in [-0.1, -0.05) is 24.3 Å². The summed E-state index contributed by atoms with van der Waals surface area (Å²) in [4.78, 5) is 23.7. The summed E-state index contributed by atoms with van der Waals surface area (Å²) in [5.74, 6) is 0.634. The summed E-state index contributed by atoms with van der Waals surface area (Å²) in [7, 11) is -1.06. The highest BCUT2D eigenvalue weighted by molar-refractivity contribution is 7.83. The molecule has 1 N–H and O–H groups in total. The van der Waals surface area contributed by atoms with Crippen molar-refractivity contribution >= 4 is 28.2 Å². The highest BCUT2D eigenvalue weighted by atomic mass is 32.2. The fourth-order valence-corrected chi connectivity index (χ4v) is 4.74. The first-order chi connectivity index (χ1) is 13.9. The third-order valence-electron chi connectivity index (χ3n) is 4.99. The predicted molar refractivity (Wildman–Crippen MR) is 110 cm³/mol. The first-order valence-corrected chi connectivity index (χ1v) is 10.4. The second kappa shape index (κ2) is 7.25. The Hall–Kier alpha value is -3.33. The quantitative estimate of drug-likeness (QED) is 0.524. The summed E-state index contributed by atoms with van der Waals surface area (Å²) >= 11 is 0. The van der Waals surface area contributed by atoms with E-state index in [2.05, 4.69) is 10.4 Å². The van der Waals surface area contributed by atoms with Crippen molar-refractivity contribution < 1.29 is 13.9 Å². The standard InChI is InChI=1S/C20H18N4O4S/c1-12-6-3-4-8-17(12)23-19(15-10-29(28)11-16(15)22-23)21-20(25)14-7-5-9-18(13(14)2)24(26)27/h3-9H,10-11H2,1-2H3,(H,21,25)/t29-/m0/s1. The van der Waals surface area contributed by atoms with Gasteiger partial charge >= 0.3 is 0 Å². The van der Waals surface area contributed by atoms with Crippen LogP contribution in [0.3, 0.4) is 0 Å². The fourth-order valence-electron chi connectivity index (χ4n) is 3.47. The van der Waals surface area contributed by atoms with E-state index >= 15 is 0 Å². The van der Waals surface area contributed by atoms with E-state index in [0.717, 1.165) is 16.8 Å². The monoisotopic (exact) mass is 410 g/mol. The number of benzene rings is 2. The molecule has 4 rings (SSSR count). The number of carbonyl (C=O) groups excluding carboxylic acids is 1. The molecule has 0 radical (unpaired) electrons. The second-order valence-electron chi connectivity index (χ2n) is 6.86. The predicted octanol–water partition coefficient (Wildman–Crippen LogP) is 3.41. The molecule has 0 bridgehead atoms. The van der Waals surface area contributed by atoms with Crippen LogP contribution in [0.5, 0.6) is 0 Å². The minimum Gasteiger partial charge on any atom is -0.306 e. The molecule has 0 saturated carbocycles. The Morgan fingerprint density at radius 1 is 1.17 bits per heavy atom. The van der Waals surface area contributed by atoms with Gasteiger partial charge in [0, 0.05) is 33.6 Å². The number of amides is 1. The van der Waals surface area contributed by atoms with E-state index in [0.29, 0.717) is 23.0 Å². The highest BCUT2D eigenvalue weighted by Gasteiger charge is 2.29. The van der Waals surface area contributed by atoms with E-state index in [1.165, 1.54) is 12.1 Å². The van der Waals surface area contributed by atoms with Gasteiger partial charge in [0.05, 0.1) is 27.8 Å². The van der Waals surface area contributed by atoms with Crippen LogP contribution in [-0.4, -0.2) is 24.8 Å². The lowest BCUT2D eigenvalue weighted by atomic mass is 10.1. The summed E-state index contributed by atoms with van der Waals surface area (Å²) in [5.41, 5.74) is 3.59. The van der Waals surface area contributed by atoms with Gasteiger partial charge in [0.25, 0.3) is 11.6 Å². The van der Waals surface area contributed by atoms with Crippen LogP contribution in [0.25, 0.3) is 5.69 Å². The Kier molecular flexibility index (Phi) is 4.75. The van der Waals surface area contributed by atoms with Gasteiger partial charge in [-0.25, -0.2) is 4.68 Å². The zero-order valence-corrected chi connectivity index (χ0v) is 16.7. The molecule has 0 saturated heterocycles. The summed E-state index contributed by atoms with van der Waals surface area (Å²) in [6.45, 7) is 3.49. The molecule has 0 unspecified atom stereocenters. The maximum Gasteiger partial charge on any atom is 0.273 e. The lowest BCUT2D eigenvalue weighted by Crippen LogP contribution is -2.18. The molecule has 1 atom stereocenters. The number of anilines is 1. The smallest absolute Gasteiger partial charge is 0.273 e. The molecule has 0 fully saturated rings. The summed E-state index contributed by atoms with van der Waals surface area (Å²) in [6.07, 6.45) is 0. The molecule has 2 aromatic carbocycles. The summed E-state index contributed by atoms with van der Waals surface area (Å²) in [5, 5.41) is 18.7. The molecule has 148 valence electrons. The third-order valence-corrected chi connectivity index (χ3v) is 6.20. The van der Waals surface area contributed by atoms with Crippen LogP contribution >= 0.6 is 0 Å². The van der Waals surface area contributed by atoms with Crippen molar-refractivity contribution in [3.63, 3.8) is 0 Å². The molecule has 0 spiro atoms. The van der Waals surface area contributed by atoms with Gasteiger partial charge in [0.2, 0.25) is 0 Å². The van der Waals surface area contributed by atoms with Gasteiger partial charge in [0.1, 0.15) is 5.82 Å². The van der Waals surface area contributed by atoms with Crippen molar-refractivity contribution in [3.05, 3.63) is 80.5 Å². The molecule has 3 aromatic rings. The van der Waals surface area contributed by atoms with Crippen LogP contribution in [-0.2, 0) is 22.3 Å². The van der Waals surface area contributed by atoms with Gasteiger partial charge in [0.15, 0.2) is 0 Å². The second-order valence-corrected chi connectivity index (χ2v) is 8.32. The van der Waals surface area contributed by atoms with E-state index in [1.807, 2.05) is 31.2 Å². The average Bonchev–Trinajstić information content (AvgIpc) is 3.19. The Morgan fingerprint density at radius 3 is 2.66 bits per heavy atom. The third kappa shape index (κ3) is 3.33. The van der Waals surface area contributed by atoms with E-state index in [4.69, 9.17) is 0 Å². The molecule has 1 aliphatic rings. The van der Waals surface area contributed by atoms with Crippen LogP contribution in [0.4, 0.5) is 11.5 Å². The number of fused-ring (bicyclic) bond motifs is 1. The summed E-state index contributed by atoms with van der Waals surface area (Å²) in [6, 6.07) is 12.0. The van der Waals surface area contributed by atoms with Crippen LogP contribution < -0.4 is 5.32 Å². The van der Waals surface area contributed by atoms with Crippen LogP contribution in [0.1, 0.15) is 32.7 Å².